The summed E-state index contributed by atoms with van der Waals surface area (Å²) in [7, 11) is -3.31. The van der Waals surface area contributed by atoms with E-state index in [0.29, 0.717) is 24.2 Å². The van der Waals surface area contributed by atoms with Crippen LogP contribution >= 0.6 is 0 Å². The van der Waals surface area contributed by atoms with Crippen LogP contribution in [0.4, 0.5) is 5.69 Å². The van der Waals surface area contributed by atoms with E-state index in [9.17, 15) is 18.3 Å². The quantitative estimate of drug-likeness (QED) is 0.712. The number of rotatable bonds is 6. The van der Waals surface area contributed by atoms with Crippen LogP contribution in [0.15, 0.2) is 54.6 Å². The van der Waals surface area contributed by atoms with Crippen LogP contribution in [0.2, 0.25) is 0 Å². The predicted molar refractivity (Wildman–Crippen MR) is 100 cm³/mol. The Morgan fingerprint density at radius 1 is 1.08 bits per heavy atom. The second-order valence-electron chi connectivity index (χ2n) is 6.56. The molecule has 6 nitrogen and oxygen atoms in total. The summed E-state index contributed by atoms with van der Waals surface area (Å²) >= 11 is 0. The Hall–Kier alpha value is -2.22. The van der Waals surface area contributed by atoms with Crippen LogP contribution in [-0.4, -0.2) is 38.1 Å². The lowest BCUT2D eigenvalue weighted by molar-refractivity contribution is -0.117. The third kappa shape index (κ3) is 5.14. The molecule has 2 aromatic rings. The van der Waals surface area contributed by atoms with E-state index >= 15 is 0 Å². The first-order chi connectivity index (χ1) is 12.4. The van der Waals surface area contributed by atoms with Crippen molar-refractivity contribution in [1.82, 2.24) is 5.32 Å². The molecule has 138 valence electrons. The molecule has 0 spiro atoms. The monoisotopic (exact) mass is 374 g/mol. The van der Waals surface area contributed by atoms with Gasteiger partial charge < -0.3 is 15.7 Å². The van der Waals surface area contributed by atoms with Crippen molar-refractivity contribution in [2.24, 2.45) is 0 Å². The standard InChI is InChI=1S/C19H22N2O4S/c22-17-10-18(20-11-17)19(23)21-16-8-4-7-15(9-16)13-26(24,25)12-14-5-2-1-3-6-14/h1-9,17-18,20,22H,10-13H2,(H,21,23). The highest BCUT2D eigenvalue weighted by molar-refractivity contribution is 7.89. The topological polar surface area (TPSA) is 95.5 Å². The van der Waals surface area contributed by atoms with Gasteiger partial charge in [0, 0.05) is 12.2 Å². The molecule has 1 aliphatic rings. The van der Waals surface area contributed by atoms with Gasteiger partial charge in [0.25, 0.3) is 0 Å². The number of hydrogen-bond acceptors (Lipinski definition) is 5. The van der Waals surface area contributed by atoms with Crippen LogP contribution in [0.25, 0.3) is 0 Å². The van der Waals surface area contributed by atoms with Gasteiger partial charge >= 0.3 is 0 Å². The van der Waals surface area contributed by atoms with Crippen molar-refractivity contribution in [2.45, 2.75) is 30.1 Å². The first-order valence-corrected chi connectivity index (χ1v) is 10.3. The van der Waals surface area contributed by atoms with Crippen molar-refractivity contribution in [3.63, 3.8) is 0 Å². The van der Waals surface area contributed by atoms with Crippen molar-refractivity contribution < 1.29 is 18.3 Å². The zero-order valence-corrected chi connectivity index (χ0v) is 15.1. The summed E-state index contributed by atoms with van der Waals surface area (Å²) in [6.07, 6.45) is -0.142. The van der Waals surface area contributed by atoms with E-state index in [1.165, 1.54) is 0 Å². The van der Waals surface area contributed by atoms with Crippen LogP contribution < -0.4 is 10.6 Å². The highest BCUT2D eigenvalue weighted by Crippen LogP contribution is 2.17. The summed E-state index contributed by atoms with van der Waals surface area (Å²) < 4.78 is 24.8. The van der Waals surface area contributed by atoms with Gasteiger partial charge in [-0.15, -0.1) is 0 Å². The lowest BCUT2D eigenvalue weighted by Crippen LogP contribution is -2.35. The van der Waals surface area contributed by atoms with E-state index in [1.807, 2.05) is 18.2 Å². The molecular weight excluding hydrogens is 352 g/mol. The zero-order chi connectivity index (χ0) is 18.6. The first-order valence-electron chi connectivity index (χ1n) is 8.47. The molecule has 0 saturated carbocycles. The Morgan fingerprint density at radius 3 is 2.46 bits per heavy atom. The van der Waals surface area contributed by atoms with Crippen LogP contribution in [0.3, 0.4) is 0 Å². The van der Waals surface area contributed by atoms with Gasteiger partial charge in [-0.3, -0.25) is 4.79 Å². The van der Waals surface area contributed by atoms with Crippen LogP contribution in [0.1, 0.15) is 17.5 Å². The average Bonchev–Trinajstić information content (AvgIpc) is 3.02. The molecule has 3 rings (SSSR count). The second kappa shape index (κ2) is 7.99. The van der Waals surface area contributed by atoms with Crippen LogP contribution in [-0.2, 0) is 26.1 Å². The Morgan fingerprint density at radius 2 is 1.77 bits per heavy atom. The summed E-state index contributed by atoms with van der Waals surface area (Å²) in [4.78, 5) is 12.2. The highest BCUT2D eigenvalue weighted by atomic mass is 32.2. The van der Waals surface area contributed by atoms with Crippen molar-refractivity contribution in [3.8, 4) is 0 Å². The Kier molecular flexibility index (Phi) is 5.70. The molecule has 7 heteroatoms. The lowest BCUT2D eigenvalue weighted by Gasteiger charge is -2.12. The van der Waals surface area contributed by atoms with E-state index in [1.54, 1.807) is 36.4 Å². The fourth-order valence-corrected chi connectivity index (χ4v) is 4.51. The molecule has 1 heterocycles. The molecule has 26 heavy (non-hydrogen) atoms. The van der Waals surface area contributed by atoms with Crippen LogP contribution in [0.5, 0.6) is 0 Å². The van der Waals surface area contributed by atoms with Gasteiger partial charge in [0.1, 0.15) is 0 Å². The summed E-state index contributed by atoms with van der Waals surface area (Å²) in [5.74, 6) is -0.342. The summed E-state index contributed by atoms with van der Waals surface area (Å²) in [5.41, 5.74) is 1.92. The van der Waals surface area contributed by atoms with Crippen molar-refractivity contribution in [2.75, 3.05) is 11.9 Å². The smallest absolute Gasteiger partial charge is 0.241 e. The third-order valence-electron chi connectivity index (χ3n) is 4.23. The van der Waals surface area contributed by atoms with Gasteiger partial charge in [0.15, 0.2) is 9.84 Å². The Bertz CT molecular complexity index is 868. The number of carbonyl (C=O) groups is 1. The zero-order valence-electron chi connectivity index (χ0n) is 14.3. The first kappa shape index (κ1) is 18.6. The van der Waals surface area contributed by atoms with Gasteiger partial charge in [-0.05, 0) is 29.7 Å². The highest BCUT2D eigenvalue weighted by Gasteiger charge is 2.28. The SMILES string of the molecule is O=C(Nc1cccc(CS(=O)(=O)Cc2ccccc2)c1)C1CC(O)CN1. The molecular formula is C19H22N2O4S. The maximum atomic E-state index is 12.4. The normalized spacial score (nSPS) is 20.0. The molecule has 2 aromatic carbocycles. The van der Waals surface area contributed by atoms with E-state index in [4.69, 9.17) is 0 Å². The molecule has 2 unspecified atom stereocenters. The second-order valence-corrected chi connectivity index (χ2v) is 8.62. The van der Waals surface area contributed by atoms with E-state index < -0.39 is 22.0 Å². The minimum absolute atomic E-state index is 0.0195. The number of sulfone groups is 1. The Labute approximate surface area is 153 Å². The van der Waals surface area contributed by atoms with Gasteiger partial charge in [-0.1, -0.05) is 42.5 Å². The maximum Gasteiger partial charge on any atom is 0.241 e. The number of β-amino-alcohol motifs (C(OH)–C–C–N with tert-alkyl or cyclic N) is 1. The maximum absolute atomic E-state index is 12.4. The molecule has 1 aliphatic heterocycles. The minimum Gasteiger partial charge on any atom is -0.392 e. The number of aliphatic hydroxyl groups is 1. The number of aliphatic hydroxyl groups excluding tert-OH is 1. The van der Waals surface area contributed by atoms with Crippen molar-refractivity contribution in [1.29, 1.82) is 0 Å². The molecule has 1 amide bonds. The van der Waals surface area contributed by atoms with Gasteiger partial charge in [0.2, 0.25) is 5.91 Å². The molecule has 0 bridgehead atoms. The minimum atomic E-state index is -3.31. The number of amides is 1. The molecule has 0 aliphatic carbocycles. The number of nitrogens with one attached hydrogen (secondary N) is 2. The van der Waals surface area contributed by atoms with Crippen LogP contribution in [0, 0.1) is 0 Å². The number of hydrogen-bond donors (Lipinski definition) is 3. The molecule has 0 radical (unpaired) electrons. The molecule has 1 fully saturated rings. The summed E-state index contributed by atoms with van der Waals surface area (Å²) in [5, 5.41) is 15.2. The molecule has 0 aromatic heterocycles. The van der Waals surface area contributed by atoms with Crippen molar-refractivity contribution in [3.05, 3.63) is 65.7 Å². The number of anilines is 1. The van der Waals surface area contributed by atoms with Crippen molar-refractivity contribution >= 4 is 21.4 Å². The average molecular weight is 374 g/mol. The number of carbonyl (C=O) groups excluding carboxylic acids is 1. The predicted octanol–water partition coefficient (Wildman–Crippen LogP) is 1.46. The summed E-state index contributed by atoms with van der Waals surface area (Å²) in [6, 6.07) is 15.5. The third-order valence-corrected chi connectivity index (χ3v) is 5.78. The fraction of sp³-hybridized carbons (Fsp3) is 0.316. The van der Waals surface area contributed by atoms with Gasteiger partial charge in [0.05, 0.1) is 23.7 Å². The number of benzene rings is 2. The molecule has 1 saturated heterocycles. The van der Waals surface area contributed by atoms with Gasteiger partial charge in [-0.25, -0.2) is 8.42 Å². The largest absolute Gasteiger partial charge is 0.392 e. The van der Waals surface area contributed by atoms with E-state index in [0.717, 1.165) is 5.56 Å². The van der Waals surface area contributed by atoms with Gasteiger partial charge in [-0.2, -0.15) is 0 Å². The lowest BCUT2D eigenvalue weighted by atomic mass is 10.1. The fourth-order valence-electron chi connectivity index (χ4n) is 3.02. The van der Waals surface area contributed by atoms with E-state index in [2.05, 4.69) is 10.6 Å². The Balaban J connectivity index is 1.64. The molecule has 2 atom stereocenters. The molecule has 3 N–H and O–H groups in total. The summed E-state index contributed by atoms with van der Waals surface area (Å²) in [6.45, 7) is 0.399. The van der Waals surface area contributed by atoms with E-state index in [-0.39, 0.29) is 17.4 Å².